The molecule has 0 spiro atoms. The van der Waals surface area contributed by atoms with Crippen LogP contribution in [-0.4, -0.2) is 47.5 Å². The molecule has 1 unspecified atom stereocenters. The molecular formula is C9H12BrN3O2. The van der Waals surface area contributed by atoms with Gasteiger partial charge in [-0.15, -0.1) is 0 Å². The Hall–Kier alpha value is -0.720. The number of hydrogen-bond donors (Lipinski definition) is 1. The lowest BCUT2D eigenvalue weighted by atomic mass is 10.3. The first-order valence-electron chi connectivity index (χ1n) is 4.74. The Bertz CT molecular complexity index is 320. The number of halogens is 1. The van der Waals surface area contributed by atoms with Crippen molar-refractivity contribution < 1.29 is 9.84 Å². The molecule has 1 N–H and O–H groups in total. The van der Waals surface area contributed by atoms with Crippen LogP contribution in [0, 0.1) is 0 Å². The van der Waals surface area contributed by atoms with E-state index in [9.17, 15) is 0 Å². The minimum Gasteiger partial charge on any atom is -0.394 e. The van der Waals surface area contributed by atoms with Crippen molar-refractivity contribution in [1.29, 1.82) is 0 Å². The van der Waals surface area contributed by atoms with Crippen LogP contribution in [0.15, 0.2) is 17.0 Å². The molecule has 1 aromatic rings. The molecule has 1 atom stereocenters. The summed E-state index contributed by atoms with van der Waals surface area (Å²) in [6.07, 6.45) is 3.26. The molecule has 0 radical (unpaired) electrons. The first-order valence-corrected chi connectivity index (χ1v) is 5.54. The van der Waals surface area contributed by atoms with Gasteiger partial charge in [0.1, 0.15) is 10.4 Å². The van der Waals surface area contributed by atoms with E-state index in [-0.39, 0.29) is 12.7 Å². The van der Waals surface area contributed by atoms with Crippen LogP contribution >= 0.6 is 15.9 Å². The average molecular weight is 274 g/mol. The van der Waals surface area contributed by atoms with Crippen LogP contribution in [-0.2, 0) is 4.74 Å². The summed E-state index contributed by atoms with van der Waals surface area (Å²) >= 11 is 3.24. The highest BCUT2D eigenvalue weighted by Crippen LogP contribution is 2.15. The van der Waals surface area contributed by atoms with Gasteiger partial charge in [0, 0.05) is 13.1 Å². The number of nitrogens with zero attached hydrogens (tertiary/aromatic N) is 3. The van der Waals surface area contributed by atoms with Crippen LogP contribution in [0.2, 0.25) is 0 Å². The molecule has 1 aromatic heterocycles. The SMILES string of the molecule is OCC1CN(c2cnc(Br)cn2)CCO1. The molecule has 82 valence electrons. The van der Waals surface area contributed by atoms with E-state index >= 15 is 0 Å². The van der Waals surface area contributed by atoms with Gasteiger partial charge in [-0.1, -0.05) is 0 Å². The third-order valence-electron chi connectivity index (χ3n) is 2.27. The number of aromatic nitrogens is 2. The molecule has 0 aliphatic carbocycles. The average Bonchev–Trinajstić information content (AvgIpc) is 2.30. The predicted octanol–water partition coefficient (Wildman–Crippen LogP) is 0.437. The molecule has 5 nitrogen and oxygen atoms in total. The summed E-state index contributed by atoms with van der Waals surface area (Å²) in [6, 6.07) is 0. The van der Waals surface area contributed by atoms with E-state index in [1.807, 2.05) is 0 Å². The van der Waals surface area contributed by atoms with Gasteiger partial charge in [0.2, 0.25) is 0 Å². The van der Waals surface area contributed by atoms with Gasteiger partial charge in [-0.05, 0) is 15.9 Å². The third kappa shape index (κ3) is 2.64. The summed E-state index contributed by atoms with van der Waals surface area (Å²) in [5, 5.41) is 9.00. The van der Waals surface area contributed by atoms with Crippen molar-refractivity contribution in [3.8, 4) is 0 Å². The van der Waals surface area contributed by atoms with Gasteiger partial charge in [0.05, 0.1) is 31.7 Å². The Kier molecular flexibility index (Phi) is 3.50. The van der Waals surface area contributed by atoms with Gasteiger partial charge < -0.3 is 14.7 Å². The molecule has 15 heavy (non-hydrogen) atoms. The van der Waals surface area contributed by atoms with E-state index in [1.165, 1.54) is 0 Å². The summed E-state index contributed by atoms with van der Waals surface area (Å²) in [5.41, 5.74) is 0. The van der Waals surface area contributed by atoms with Crippen molar-refractivity contribution in [3.63, 3.8) is 0 Å². The van der Waals surface area contributed by atoms with Crippen LogP contribution in [0.3, 0.4) is 0 Å². The van der Waals surface area contributed by atoms with Crippen molar-refractivity contribution in [2.24, 2.45) is 0 Å². The lowest BCUT2D eigenvalue weighted by Crippen LogP contribution is -2.44. The van der Waals surface area contributed by atoms with Crippen molar-refractivity contribution in [1.82, 2.24) is 9.97 Å². The zero-order valence-electron chi connectivity index (χ0n) is 8.14. The number of morpholine rings is 1. The molecule has 1 aliphatic heterocycles. The van der Waals surface area contributed by atoms with Gasteiger partial charge >= 0.3 is 0 Å². The fraction of sp³-hybridized carbons (Fsp3) is 0.556. The number of ether oxygens (including phenoxy) is 1. The van der Waals surface area contributed by atoms with Crippen molar-refractivity contribution in [2.45, 2.75) is 6.10 Å². The molecule has 0 bridgehead atoms. The number of anilines is 1. The van der Waals surface area contributed by atoms with Crippen molar-refractivity contribution in [2.75, 3.05) is 31.2 Å². The Morgan fingerprint density at radius 3 is 3.07 bits per heavy atom. The number of rotatable bonds is 2. The maximum absolute atomic E-state index is 9.00. The topological polar surface area (TPSA) is 58.5 Å². The predicted molar refractivity (Wildman–Crippen MR) is 58.8 cm³/mol. The van der Waals surface area contributed by atoms with Crippen LogP contribution in [0.4, 0.5) is 5.82 Å². The first-order chi connectivity index (χ1) is 7.29. The Balaban J connectivity index is 2.06. The van der Waals surface area contributed by atoms with E-state index in [4.69, 9.17) is 9.84 Å². The maximum atomic E-state index is 9.00. The third-order valence-corrected chi connectivity index (χ3v) is 2.68. The quantitative estimate of drug-likeness (QED) is 0.847. The summed E-state index contributed by atoms with van der Waals surface area (Å²) in [6.45, 7) is 2.10. The Labute approximate surface area is 96.2 Å². The van der Waals surface area contributed by atoms with Gasteiger partial charge in [-0.25, -0.2) is 9.97 Å². The van der Waals surface area contributed by atoms with Gasteiger partial charge in [0.15, 0.2) is 0 Å². The van der Waals surface area contributed by atoms with Gasteiger partial charge in [-0.3, -0.25) is 0 Å². The summed E-state index contributed by atoms with van der Waals surface area (Å²) < 4.78 is 6.07. The lowest BCUT2D eigenvalue weighted by molar-refractivity contribution is 0.00334. The van der Waals surface area contributed by atoms with Crippen LogP contribution in [0.1, 0.15) is 0 Å². The summed E-state index contributed by atoms with van der Waals surface area (Å²) in [5.74, 6) is 0.819. The second kappa shape index (κ2) is 4.87. The number of hydrogen-bond acceptors (Lipinski definition) is 5. The van der Waals surface area contributed by atoms with Crippen LogP contribution < -0.4 is 4.90 Å². The van der Waals surface area contributed by atoms with Crippen LogP contribution in [0.25, 0.3) is 0 Å². The van der Waals surface area contributed by atoms with E-state index in [2.05, 4.69) is 30.8 Å². The highest BCUT2D eigenvalue weighted by atomic mass is 79.9. The van der Waals surface area contributed by atoms with Crippen molar-refractivity contribution >= 4 is 21.7 Å². The standard InChI is InChI=1S/C9H12BrN3O2/c10-8-3-12-9(4-11-8)13-1-2-15-7(5-13)6-14/h3-4,7,14H,1-2,5-6H2. The van der Waals surface area contributed by atoms with Gasteiger partial charge in [-0.2, -0.15) is 0 Å². The minimum atomic E-state index is -0.121. The largest absolute Gasteiger partial charge is 0.394 e. The summed E-state index contributed by atoms with van der Waals surface area (Å²) in [7, 11) is 0. The summed E-state index contributed by atoms with van der Waals surface area (Å²) in [4.78, 5) is 10.4. The maximum Gasteiger partial charge on any atom is 0.147 e. The highest BCUT2D eigenvalue weighted by Gasteiger charge is 2.20. The number of aliphatic hydroxyl groups excluding tert-OH is 1. The second-order valence-electron chi connectivity index (χ2n) is 3.32. The molecule has 1 fully saturated rings. The first kappa shape index (κ1) is 10.8. The zero-order chi connectivity index (χ0) is 10.7. The van der Waals surface area contributed by atoms with E-state index in [1.54, 1.807) is 12.4 Å². The van der Waals surface area contributed by atoms with E-state index in [0.29, 0.717) is 13.2 Å². The number of aliphatic hydroxyl groups is 1. The normalized spacial score (nSPS) is 21.7. The molecule has 0 aromatic carbocycles. The monoisotopic (exact) mass is 273 g/mol. The molecule has 1 saturated heterocycles. The minimum absolute atomic E-state index is 0.0421. The lowest BCUT2D eigenvalue weighted by Gasteiger charge is -2.32. The Morgan fingerprint density at radius 1 is 1.53 bits per heavy atom. The fourth-order valence-corrected chi connectivity index (χ4v) is 1.71. The second-order valence-corrected chi connectivity index (χ2v) is 4.13. The van der Waals surface area contributed by atoms with E-state index < -0.39 is 0 Å². The highest BCUT2D eigenvalue weighted by molar-refractivity contribution is 9.10. The van der Waals surface area contributed by atoms with Crippen LogP contribution in [0.5, 0.6) is 0 Å². The molecule has 2 rings (SSSR count). The van der Waals surface area contributed by atoms with Gasteiger partial charge in [0.25, 0.3) is 0 Å². The molecule has 0 amide bonds. The fourth-order valence-electron chi connectivity index (χ4n) is 1.51. The Morgan fingerprint density at radius 2 is 2.40 bits per heavy atom. The van der Waals surface area contributed by atoms with E-state index in [0.717, 1.165) is 17.0 Å². The molecule has 2 heterocycles. The zero-order valence-corrected chi connectivity index (χ0v) is 9.72. The molecular weight excluding hydrogens is 262 g/mol. The smallest absolute Gasteiger partial charge is 0.147 e. The molecule has 6 heteroatoms. The molecule has 0 saturated carbocycles. The molecule has 1 aliphatic rings. The van der Waals surface area contributed by atoms with Crippen molar-refractivity contribution in [3.05, 3.63) is 17.0 Å².